The van der Waals surface area contributed by atoms with Crippen LogP contribution in [-0.4, -0.2) is 43.7 Å². The molecule has 8 nitrogen and oxygen atoms in total. The van der Waals surface area contributed by atoms with Gasteiger partial charge in [-0.3, -0.25) is 9.10 Å². The molecule has 2 aliphatic carbocycles. The summed E-state index contributed by atoms with van der Waals surface area (Å²) in [6.45, 7) is -3.61. The number of ether oxygens (including phenoxy) is 2. The number of anilines is 1. The monoisotopic (exact) mass is 642 g/mol. The zero-order valence-corrected chi connectivity index (χ0v) is 23.5. The van der Waals surface area contributed by atoms with Gasteiger partial charge in [0.15, 0.2) is 0 Å². The molecule has 0 saturated heterocycles. The van der Waals surface area contributed by atoms with E-state index in [2.05, 4.69) is 9.72 Å². The second kappa shape index (κ2) is 10.3. The second-order valence-electron chi connectivity index (χ2n) is 11.4. The first-order valence-electron chi connectivity index (χ1n) is 13.5. The minimum atomic E-state index is -4.83. The lowest BCUT2D eigenvalue weighted by Crippen LogP contribution is -2.50. The smallest absolute Gasteiger partial charge is 0.416 e. The van der Waals surface area contributed by atoms with Crippen molar-refractivity contribution in [3.05, 3.63) is 66.1 Å². The standard InChI is InChI=1S/C29H24F6N2O6S/c30-19-8-16(9-20(12-19)42-26(31)32)17-10-22-24(36-13-17)43-23(27-4-6-28(15-27,7-5-27)25(38)39)14-37(22)44(40,41)21-3-1-2-18(11-21)29(33,34)35/h1-3,8-13,23,26H,4-7,14-15H2,(H,38,39)/t23-,27?,28?/m1/s1. The number of alkyl halides is 5. The van der Waals surface area contributed by atoms with Crippen LogP contribution >= 0.6 is 0 Å². The molecule has 1 atom stereocenters. The third-order valence-corrected chi connectivity index (χ3v) is 10.7. The van der Waals surface area contributed by atoms with E-state index in [0.29, 0.717) is 31.7 Å². The molecule has 0 spiro atoms. The molecule has 15 heteroatoms. The summed E-state index contributed by atoms with van der Waals surface area (Å²) in [6, 6.07) is 7.31. The van der Waals surface area contributed by atoms with Crippen LogP contribution in [0.2, 0.25) is 0 Å². The van der Waals surface area contributed by atoms with E-state index in [4.69, 9.17) is 4.74 Å². The molecule has 6 rings (SSSR count). The van der Waals surface area contributed by atoms with Crippen molar-refractivity contribution in [3.8, 4) is 22.8 Å². The Bertz CT molecular complexity index is 1740. The average Bonchev–Trinajstić information content (AvgIpc) is 3.55. The lowest BCUT2D eigenvalue weighted by Gasteiger charge is -2.42. The fraction of sp³-hybridized carbons (Fsp3) is 0.379. The van der Waals surface area contributed by atoms with Crippen molar-refractivity contribution in [2.24, 2.45) is 10.8 Å². The van der Waals surface area contributed by atoms with Gasteiger partial charge < -0.3 is 14.6 Å². The minimum absolute atomic E-state index is 0.00547. The van der Waals surface area contributed by atoms with E-state index in [9.17, 15) is 44.7 Å². The quantitative estimate of drug-likeness (QED) is 0.294. The highest BCUT2D eigenvalue weighted by atomic mass is 32.2. The molecule has 234 valence electrons. The molecule has 2 aromatic carbocycles. The molecule has 1 N–H and O–H groups in total. The van der Waals surface area contributed by atoms with Gasteiger partial charge in [0.25, 0.3) is 10.0 Å². The Morgan fingerprint density at radius 2 is 1.80 bits per heavy atom. The van der Waals surface area contributed by atoms with E-state index in [0.717, 1.165) is 40.7 Å². The van der Waals surface area contributed by atoms with Gasteiger partial charge in [0.2, 0.25) is 5.88 Å². The fourth-order valence-corrected chi connectivity index (χ4v) is 8.18. The summed E-state index contributed by atoms with van der Waals surface area (Å²) in [4.78, 5) is 15.7. The maximum atomic E-state index is 14.3. The van der Waals surface area contributed by atoms with Crippen LogP contribution in [-0.2, 0) is 21.0 Å². The van der Waals surface area contributed by atoms with Gasteiger partial charge in [0.05, 0.1) is 22.4 Å². The number of halogens is 6. The van der Waals surface area contributed by atoms with Crippen LogP contribution in [0.4, 0.5) is 32.0 Å². The summed E-state index contributed by atoms with van der Waals surface area (Å²) >= 11 is 0. The molecule has 0 amide bonds. The maximum absolute atomic E-state index is 14.3. The van der Waals surface area contributed by atoms with Gasteiger partial charge in [0, 0.05) is 23.2 Å². The number of carbonyl (C=O) groups is 1. The Morgan fingerprint density at radius 1 is 1.07 bits per heavy atom. The number of hydrogen-bond acceptors (Lipinski definition) is 6. The number of aromatic nitrogens is 1. The first-order chi connectivity index (χ1) is 20.6. The van der Waals surface area contributed by atoms with Crippen LogP contribution in [0.1, 0.15) is 37.7 Å². The predicted molar refractivity (Wildman–Crippen MR) is 142 cm³/mol. The van der Waals surface area contributed by atoms with Crippen LogP contribution < -0.4 is 13.8 Å². The van der Waals surface area contributed by atoms with Gasteiger partial charge in [-0.1, -0.05) is 6.07 Å². The van der Waals surface area contributed by atoms with E-state index >= 15 is 0 Å². The van der Waals surface area contributed by atoms with Crippen molar-refractivity contribution in [2.45, 2.75) is 55.9 Å². The summed E-state index contributed by atoms with van der Waals surface area (Å²) < 4.78 is 120. The summed E-state index contributed by atoms with van der Waals surface area (Å²) in [7, 11) is -4.71. The highest BCUT2D eigenvalue weighted by Gasteiger charge is 2.63. The van der Waals surface area contributed by atoms with Crippen LogP contribution in [0.15, 0.2) is 59.6 Å². The lowest BCUT2D eigenvalue weighted by atomic mass is 9.78. The molecular formula is C29H24F6N2O6S. The number of nitrogens with zero attached hydrogens (tertiary/aromatic N) is 2. The zero-order chi connectivity index (χ0) is 31.7. The van der Waals surface area contributed by atoms with Gasteiger partial charge in [-0.2, -0.15) is 22.0 Å². The molecular weight excluding hydrogens is 618 g/mol. The van der Waals surface area contributed by atoms with E-state index < -0.39 is 67.7 Å². The topological polar surface area (TPSA) is 106 Å². The Morgan fingerprint density at radius 3 is 2.43 bits per heavy atom. The Labute approximate surface area is 247 Å². The molecule has 0 radical (unpaired) electrons. The van der Waals surface area contributed by atoms with Crippen LogP contribution in [0.25, 0.3) is 11.1 Å². The summed E-state index contributed by atoms with van der Waals surface area (Å²) in [5.74, 6) is -2.56. The number of pyridine rings is 1. The van der Waals surface area contributed by atoms with Crippen LogP contribution in [0, 0.1) is 16.6 Å². The molecule has 44 heavy (non-hydrogen) atoms. The van der Waals surface area contributed by atoms with E-state index in [1.807, 2.05) is 0 Å². The number of benzene rings is 2. The first kappa shape index (κ1) is 30.0. The molecule has 3 aliphatic rings. The molecule has 0 unspecified atom stereocenters. The number of carboxylic acid groups (broad SMARTS) is 1. The van der Waals surface area contributed by atoms with Gasteiger partial charge in [-0.25, -0.2) is 17.8 Å². The number of sulfonamides is 1. The Kier molecular flexibility index (Phi) is 7.02. The summed E-state index contributed by atoms with van der Waals surface area (Å²) in [5.41, 5.74) is -2.96. The van der Waals surface area contributed by atoms with Crippen molar-refractivity contribution in [3.63, 3.8) is 0 Å². The van der Waals surface area contributed by atoms with Crippen molar-refractivity contribution in [1.29, 1.82) is 0 Å². The SMILES string of the molecule is O=C(O)C12CCC([C@H]3CN(S(=O)(=O)c4cccc(C(F)(F)F)c4)c4cc(-c5cc(F)cc(OC(F)F)c5)cnc4O3)(CC1)C2. The molecule has 2 saturated carbocycles. The highest BCUT2D eigenvalue weighted by Crippen LogP contribution is 2.64. The first-order valence-corrected chi connectivity index (χ1v) is 14.9. The minimum Gasteiger partial charge on any atom is -0.481 e. The third kappa shape index (κ3) is 5.10. The maximum Gasteiger partial charge on any atom is 0.416 e. The molecule has 2 bridgehead atoms. The molecule has 1 aliphatic heterocycles. The molecule has 2 fully saturated rings. The number of hydrogen-bond donors (Lipinski definition) is 1. The van der Waals surface area contributed by atoms with Gasteiger partial charge in [-0.05, 0) is 74.1 Å². The number of rotatable bonds is 7. The van der Waals surface area contributed by atoms with E-state index in [1.165, 1.54) is 12.3 Å². The summed E-state index contributed by atoms with van der Waals surface area (Å²) in [6.07, 6.45) is -2.66. The average molecular weight is 643 g/mol. The van der Waals surface area contributed by atoms with E-state index in [1.54, 1.807) is 0 Å². The Hall–Kier alpha value is -4.01. The Balaban J connectivity index is 1.46. The number of carboxylic acids is 1. The number of aliphatic carboxylic acids is 1. The van der Waals surface area contributed by atoms with Crippen LogP contribution in [0.5, 0.6) is 11.6 Å². The van der Waals surface area contributed by atoms with E-state index in [-0.39, 0.29) is 35.7 Å². The van der Waals surface area contributed by atoms with Gasteiger partial charge in [0.1, 0.15) is 23.4 Å². The number of fused-ring (bicyclic) bond motifs is 3. The zero-order valence-electron chi connectivity index (χ0n) is 22.7. The van der Waals surface area contributed by atoms with Crippen molar-refractivity contribution < 1.29 is 54.1 Å². The third-order valence-electron chi connectivity index (χ3n) is 8.90. The van der Waals surface area contributed by atoms with Crippen molar-refractivity contribution >= 4 is 21.7 Å². The molecule has 2 heterocycles. The summed E-state index contributed by atoms with van der Waals surface area (Å²) in [5, 5.41) is 9.88. The van der Waals surface area contributed by atoms with Crippen LogP contribution in [0.3, 0.4) is 0 Å². The normalized spacial score (nSPS) is 24.7. The lowest BCUT2D eigenvalue weighted by molar-refractivity contribution is -0.148. The van der Waals surface area contributed by atoms with Crippen molar-refractivity contribution in [1.82, 2.24) is 4.98 Å². The van der Waals surface area contributed by atoms with Crippen molar-refractivity contribution in [2.75, 3.05) is 10.8 Å². The molecule has 1 aromatic heterocycles. The fourth-order valence-electron chi connectivity index (χ4n) is 6.67. The predicted octanol–water partition coefficient (Wildman–Crippen LogP) is 6.50. The van der Waals surface area contributed by atoms with Gasteiger partial charge in [-0.15, -0.1) is 0 Å². The van der Waals surface area contributed by atoms with Gasteiger partial charge >= 0.3 is 18.8 Å². The highest BCUT2D eigenvalue weighted by molar-refractivity contribution is 7.92. The largest absolute Gasteiger partial charge is 0.481 e. The second-order valence-corrected chi connectivity index (χ2v) is 13.3. The molecule has 3 aromatic rings.